The highest BCUT2D eigenvalue weighted by molar-refractivity contribution is 6.01. The van der Waals surface area contributed by atoms with Crippen LogP contribution in [0, 0.1) is 0 Å². The third kappa shape index (κ3) is 5.02. The lowest BCUT2D eigenvalue weighted by molar-refractivity contribution is -0.115. The molecule has 180 valence electrons. The average molecular weight is 469 g/mol. The largest absolute Gasteiger partial charge is 0.454 e. The van der Waals surface area contributed by atoms with Crippen molar-refractivity contribution in [2.45, 2.75) is 0 Å². The van der Waals surface area contributed by atoms with E-state index in [1.54, 1.807) is 18.2 Å². The van der Waals surface area contributed by atoms with E-state index in [2.05, 4.69) is 26.5 Å². The summed E-state index contributed by atoms with van der Waals surface area (Å²) in [6.07, 6.45) is 0. The summed E-state index contributed by atoms with van der Waals surface area (Å²) in [7, 11) is 0. The molecule has 2 aromatic rings. The number of fused-ring (bicyclic) bond motifs is 1. The second kappa shape index (κ2) is 10.2. The molecule has 2 aromatic carbocycles. The van der Waals surface area contributed by atoms with Gasteiger partial charge in [-0.25, -0.2) is 0 Å². The first kappa shape index (κ1) is 22.3. The molecule has 2 N–H and O–H groups in total. The molecule has 10 nitrogen and oxygen atoms in total. The predicted octanol–water partition coefficient (Wildman–Crippen LogP) is 1.46. The second-order valence-corrected chi connectivity index (χ2v) is 8.20. The van der Waals surface area contributed by atoms with Crippen molar-refractivity contribution >= 4 is 28.9 Å². The van der Waals surface area contributed by atoms with Crippen LogP contribution in [0.2, 0.25) is 0 Å². The van der Waals surface area contributed by atoms with Crippen molar-refractivity contribution in [1.82, 2.24) is 5.32 Å². The van der Waals surface area contributed by atoms with Crippen molar-refractivity contribution < 1.29 is 28.5 Å². The molecule has 2 amide bonds. The molecule has 10 heteroatoms. The van der Waals surface area contributed by atoms with E-state index >= 15 is 0 Å². The Kier molecular flexibility index (Phi) is 6.68. The molecule has 0 spiro atoms. The molecule has 0 aliphatic carbocycles. The van der Waals surface area contributed by atoms with Crippen LogP contribution in [0.3, 0.4) is 0 Å². The number of benzene rings is 2. The lowest BCUT2D eigenvalue weighted by atomic mass is 10.1. The van der Waals surface area contributed by atoms with Gasteiger partial charge in [0.2, 0.25) is 12.7 Å². The number of hydrogen-bond acceptors (Lipinski definition) is 8. The van der Waals surface area contributed by atoms with Crippen molar-refractivity contribution in [1.29, 1.82) is 0 Å². The molecule has 3 heterocycles. The number of hydrogen-bond donors (Lipinski definition) is 2. The fourth-order valence-electron chi connectivity index (χ4n) is 4.20. The highest BCUT2D eigenvalue weighted by Gasteiger charge is 2.20. The number of ether oxygens (including phenoxy) is 4. The van der Waals surface area contributed by atoms with Crippen LogP contribution in [0.25, 0.3) is 0 Å². The molecular formula is C24H28N4O6. The first-order chi connectivity index (χ1) is 16.7. The Hall–Kier alpha value is -3.50. The molecule has 0 bridgehead atoms. The number of amides is 2. The fraction of sp³-hybridized carbons (Fsp3) is 0.417. The first-order valence-corrected chi connectivity index (χ1v) is 11.4. The Morgan fingerprint density at radius 2 is 1.53 bits per heavy atom. The van der Waals surface area contributed by atoms with Gasteiger partial charge in [-0.05, 0) is 36.4 Å². The Labute approximate surface area is 197 Å². The van der Waals surface area contributed by atoms with Gasteiger partial charge < -0.3 is 39.4 Å². The number of carbonyl (C=O) groups is 2. The quantitative estimate of drug-likeness (QED) is 0.657. The van der Waals surface area contributed by atoms with E-state index in [0.717, 1.165) is 37.6 Å². The van der Waals surface area contributed by atoms with Gasteiger partial charge in [0.05, 0.1) is 44.3 Å². The summed E-state index contributed by atoms with van der Waals surface area (Å²) in [5, 5.41) is 5.63. The number of rotatable bonds is 6. The van der Waals surface area contributed by atoms with E-state index in [1.807, 2.05) is 12.1 Å². The molecule has 34 heavy (non-hydrogen) atoms. The molecule has 3 aliphatic heterocycles. The summed E-state index contributed by atoms with van der Waals surface area (Å²) in [6, 6.07) is 11.0. The molecule has 3 aliphatic rings. The zero-order valence-corrected chi connectivity index (χ0v) is 18.9. The van der Waals surface area contributed by atoms with Gasteiger partial charge in [0.1, 0.15) is 0 Å². The predicted molar refractivity (Wildman–Crippen MR) is 126 cm³/mol. The molecule has 0 aromatic heterocycles. The third-order valence-corrected chi connectivity index (χ3v) is 6.03. The minimum Gasteiger partial charge on any atom is -0.454 e. The third-order valence-electron chi connectivity index (χ3n) is 6.03. The standard InChI is InChI=1S/C24H28N4O6/c29-23(15-25-24(30)17-1-4-21-22(13-17)34-16-33-21)26-19-3-2-18(27-5-9-31-10-6-27)14-20(19)28-7-11-32-12-8-28/h1-4,13-14H,5-12,15-16H2,(H,25,30)(H,26,29). The minimum absolute atomic E-state index is 0.138. The van der Waals surface area contributed by atoms with Crippen molar-refractivity contribution in [3.63, 3.8) is 0 Å². The fourth-order valence-corrected chi connectivity index (χ4v) is 4.20. The highest BCUT2D eigenvalue weighted by Crippen LogP contribution is 2.33. The number of carbonyl (C=O) groups excluding carboxylic acids is 2. The molecular weight excluding hydrogens is 440 g/mol. The lowest BCUT2D eigenvalue weighted by Gasteiger charge is -2.33. The van der Waals surface area contributed by atoms with Crippen molar-refractivity contribution in [3.05, 3.63) is 42.0 Å². The summed E-state index contributed by atoms with van der Waals surface area (Å²) in [5.41, 5.74) is 3.16. The van der Waals surface area contributed by atoms with Gasteiger partial charge in [-0.1, -0.05) is 0 Å². The Bertz CT molecular complexity index is 1050. The molecule has 0 unspecified atom stereocenters. The SMILES string of the molecule is O=C(CNC(=O)c1ccc2c(c1)OCO2)Nc1ccc(N2CCOCC2)cc1N1CCOCC1. The highest BCUT2D eigenvalue weighted by atomic mass is 16.7. The van der Waals surface area contributed by atoms with Crippen molar-refractivity contribution in [3.8, 4) is 11.5 Å². The lowest BCUT2D eigenvalue weighted by Crippen LogP contribution is -2.38. The van der Waals surface area contributed by atoms with Crippen LogP contribution in [-0.2, 0) is 14.3 Å². The summed E-state index contributed by atoms with van der Waals surface area (Å²) in [4.78, 5) is 29.7. The smallest absolute Gasteiger partial charge is 0.251 e. The Morgan fingerprint density at radius 1 is 0.824 bits per heavy atom. The zero-order chi connectivity index (χ0) is 23.3. The van der Waals surface area contributed by atoms with Gasteiger partial charge in [-0.3, -0.25) is 9.59 Å². The van der Waals surface area contributed by atoms with Crippen LogP contribution in [0.4, 0.5) is 17.1 Å². The van der Waals surface area contributed by atoms with Gasteiger partial charge in [0.25, 0.3) is 5.91 Å². The second-order valence-electron chi connectivity index (χ2n) is 8.20. The normalized spacial score (nSPS) is 17.4. The summed E-state index contributed by atoms with van der Waals surface area (Å²) < 4.78 is 21.6. The van der Waals surface area contributed by atoms with E-state index in [0.29, 0.717) is 49.2 Å². The topological polar surface area (TPSA) is 102 Å². The van der Waals surface area contributed by atoms with Gasteiger partial charge >= 0.3 is 0 Å². The summed E-state index contributed by atoms with van der Waals surface area (Å²) in [6.45, 7) is 5.83. The number of morpholine rings is 2. The summed E-state index contributed by atoms with van der Waals surface area (Å²) >= 11 is 0. The van der Waals surface area contributed by atoms with Crippen molar-refractivity contribution in [2.24, 2.45) is 0 Å². The monoisotopic (exact) mass is 468 g/mol. The van der Waals surface area contributed by atoms with Gasteiger partial charge in [0, 0.05) is 37.4 Å². The minimum atomic E-state index is -0.357. The maximum absolute atomic E-state index is 12.7. The Balaban J connectivity index is 1.25. The van der Waals surface area contributed by atoms with Crippen molar-refractivity contribution in [2.75, 3.05) is 81.1 Å². The van der Waals surface area contributed by atoms with E-state index in [9.17, 15) is 9.59 Å². The zero-order valence-electron chi connectivity index (χ0n) is 18.9. The first-order valence-electron chi connectivity index (χ1n) is 11.4. The van der Waals surface area contributed by atoms with Crippen LogP contribution in [0.15, 0.2) is 36.4 Å². The molecule has 5 rings (SSSR count). The molecule has 2 saturated heterocycles. The van der Waals surface area contributed by atoms with Crippen LogP contribution < -0.4 is 29.9 Å². The maximum Gasteiger partial charge on any atom is 0.251 e. The van der Waals surface area contributed by atoms with E-state index in [-0.39, 0.29) is 25.2 Å². The molecule has 0 radical (unpaired) electrons. The van der Waals surface area contributed by atoms with Gasteiger partial charge in [-0.2, -0.15) is 0 Å². The average Bonchev–Trinajstić information content (AvgIpc) is 3.36. The van der Waals surface area contributed by atoms with Gasteiger partial charge in [0.15, 0.2) is 11.5 Å². The number of anilines is 3. The van der Waals surface area contributed by atoms with E-state index < -0.39 is 0 Å². The van der Waals surface area contributed by atoms with E-state index in [1.165, 1.54) is 0 Å². The van der Waals surface area contributed by atoms with Crippen LogP contribution in [-0.4, -0.2) is 77.8 Å². The summed E-state index contributed by atoms with van der Waals surface area (Å²) in [5.74, 6) is 0.463. The Morgan fingerprint density at radius 3 is 2.29 bits per heavy atom. The van der Waals surface area contributed by atoms with Crippen LogP contribution in [0.5, 0.6) is 11.5 Å². The van der Waals surface area contributed by atoms with E-state index in [4.69, 9.17) is 18.9 Å². The van der Waals surface area contributed by atoms with Gasteiger partial charge in [-0.15, -0.1) is 0 Å². The number of nitrogens with zero attached hydrogens (tertiary/aromatic N) is 2. The maximum atomic E-state index is 12.7. The number of nitrogens with one attached hydrogen (secondary N) is 2. The molecule has 2 fully saturated rings. The molecule has 0 saturated carbocycles. The van der Waals surface area contributed by atoms with Crippen LogP contribution >= 0.6 is 0 Å². The van der Waals surface area contributed by atoms with Crippen LogP contribution in [0.1, 0.15) is 10.4 Å². The molecule has 0 atom stereocenters.